The lowest BCUT2D eigenvalue weighted by molar-refractivity contribution is 0.133. The fourth-order valence-electron chi connectivity index (χ4n) is 4.43. The smallest absolute Gasteiger partial charge is 0.317 e. The van der Waals surface area contributed by atoms with Crippen molar-refractivity contribution in [2.24, 2.45) is 11.3 Å². The maximum absolute atomic E-state index is 12.7. The lowest BCUT2D eigenvalue weighted by Crippen LogP contribution is -2.54. The molecule has 0 atom stereocenters. The quantitative estimate of drug-likeness (QED) is 0.831. The third-order valence-electron chi connectivity index (χ3n) is 6.83. The summed E-state index contributed by atoms with van der Waals surface area (Å²) in [5, 5.41) is 12.9. The molecule has 1 aliphatic heterocycles. The van der Waals surface area contributed by atoms with Crippen molar-refractivity contribution in [1.29, 1.82) is 0 Å². The molecule has 2 aliphatic rings. The van der Waals surface area contributed by atoms with Crippen molar-refractivity contribution in [2.75, 3.05) is 31.1 Å². The molecule has 2 amide bonds. The lowest BCUT2D eigenvalue weighted by Gasteiger charge is -2.40. The molecular formula is C22H35N3O2. The van der Waals surface area contributed by atoms with E-state index in [4.69, 9.17) is 0 Å². The molecular weight excluding hydrogens is 338 g/mol. The van der Waals surface area contributed by atoms with E-state index in [0.717, 1.165) is 50.6 Å². The van der Waals surface area contributed by atoms with Gasteiger partial charge in [-0.25, -0.2) is 4.79 Å². The molecule has 0 bridgehead atoms. The molecule has 0 spiro atoms. The number of anilines is 1. The molecule has 3 rings (SSSR count). The third-order valence-corrected chi connectivity index (χ3v) is 6.83. The Labute approximate surface area is 163 Å². The molecule has 1 saturated carbocycles. The van der Waals surface area contributed by atoms with Gasteiger partial charge in [-0.15, -0.1) is 0 Å². The summed E-state index contributed by atoms with van der Waals surface area (Å²) in [4.78, 5) is 16.8. The number of hydrogen-bond donors (Lipinski definition) is 2. The van der Waals surface area contributed by atoms with Gasteiger partial charge >= 0.3 is 6.03 Å². The summed E-state index contributed by atoms with van der Waals surface area (Å²) in [6.45, 7) is 10.1. The number of phenolic OH excluding ortho intramolecular Hbond substituents is 1. The average molecular weight is 374 g/mol. The monoisotopic (exact) mass is 373 g/mol. The number of amides is 2. The number of hydrogen-bond acceptors (Lipinski definition) is 3. The number of nitrogens with one attached hydrogen (secondary N) is 1. The second-order valence-corrected chi connectivity index (χ2v) is 8.83. The van der Waals surface area contributed by atoms with E-state index >= 15 is 0 Å². The minimum absolute atomic E-state index is 0.0868. The highest BCUT2D eigenvalue weighted by molar-refractivity contribution is 5.75. The molecule has 1 heterocycles. The number of urea groups is 1. The highest BCUT2D eigenvalue weighted by atomic mass is 16.3. The summed E-state index contributed by atoms with van der Waals surface area (Å²) >= 11 is 0. The molecule has 5 nitrogen and oxygen atoms in total. The topological polar surface area (TPSA) is 55.8 Å². The molecule has 0 unspecified atom stereocenters. The van der Waals surface area contributed by atoms with Crippen molar-refractivity contribution in [1.82, 2.24) is 10.2 Å². The van der Waals surface area contributed by atoms with Gasteiger partial charge in [-0.3, -0.25) is 0 Å². The summed E-state index contributed by atoms with van der Waals surface area (Å²) in [6, 6.07) is 7.75. The molecule has 5 heteroatoms. The number of phenols is 1. The van der Waals surface area contributed by atoms with Crippen LogP contribution in [-0.4, -0.2) is 48.3 Å². The van der Waals surface area contributed by atoms with Crippen LogP contribution >= 0.6 is 0 Å². The molecule has 0 radical (unpaired) electrons. The zero-order valence-electron chi connectivity index (χ0n) is 17.1. The molecule has 1 aromatic carbocycles. The Bertz CT molecular complexity index is 630. The first kappa shape index (κ1) is 19.8. The summed E-state index contributed by atoms with van der Waals surface area (Å²) in [6.07, 6.45) is 5.86. The molecule has 2 fully saturated rings. The van der Waals surface area contributed by atoms with E-state index in [1.165, 1.54) is 19.3 Å². The lowest BCUT2D eigenvalue weighted by atomic mass is 9.69. The van der Waals surface area contributed by atoms with Crippen LogP contribution in [-0.2, 0) is 0 Å². The average Bonchev–Trinajstić information content (AvgIpc) is 2.68. The summed E-state index contributed by atoms with van der Waals surface area (Å²) in [7, 11) is 0. The molecule has 2 N–H and O–H groups in total. The van der Waals surface area contributed by atoms with Crippen LogP contribution in [0.15, 0.2) is 24.3 Å². The zero-order valence-corrected chi connectivity index (χ0v) is 17.1. The van der Waals surface area contributed by atoms with Gasteiger partial charge in [0.25, 0.3) is 0 Å². The van der Waals surface area contributed by atoms with E-state index in [1.54, 1.807) is 12.1 Å². The van der Waals surface area contributed by atoms with E-state index in [9.17, 15) is 9.90 Å². The van der Waals surface area contributed by atoms with Crippen molar-refractivity contribution in [3.63, 3.8) is 0 Å². The maximum atomic E-state index is 12.7. The fourth-order valence-corrected chi connectivity index (χ4v) is 4.43. The summed E-state index contributed by atoms with van der Waals surface area (Å²) in [5.74, 6) is 1.07. The second-order valence-electron chi connectivity index (χ2n) is 8.83. The Balaban J connectivity index is 1.44. The number of rotatable bonds is 4. The molecule has 1 aliphatic carbocycles. The van der Waals surface area contributed by atoms with Gasteiger partial charge in [0, 0.05) is 44.0 Å². The largest absolute Gasteiger partial charge is 0.508 e. The van der Waals surface area contributed by atoms with E-state index in [-0.39, 0.29) is 11.8 Å². The first-order chi connectivity index (χ1) is 12.9. The predicted molar refractivity (Wildman–Crippen MR) is 110 cm³/mol. The highest BCUT2D eigenvalue weighted by Crippen LogP contribution is 2.40. The van der Waals surface area contributed by atoms with Crippen molar-refractivity contribution in [3.8, 4) is 5.75 Å². The molecule has 1 aromatic rings. The normalized spacial score (nSPS) is 24.0. The standard InChI is InChI=1S/C22H35N3O2/c1-4-22(2,3)17-8-10-18(11-9-17)23-21(27)25-14-12-24(13-15-25)19-6-5-7-20(26)16-19/h5-7,16-18,26H,4,8-15H2,1-3H3,(H,23,27). The Morgan fingerprint density at radius 1 is 1.15 bits per heavy atom. The zero-order chi connectivity index (χ0) is 19.4. The fraction of sp³-hybridized carbons (Fsp3) is 0.682. The van der Waals surface area contributed by atoms with Crippen LogP contribution in [0.5, 0.6) is 5.75 Å². The van der Waals surface area contributed by atoms with Crippen LogP contribution in [0.3, 0.4) is 0 Å². The Morgan fingerprint density at radius 2 is 1.81 bits per heavy atom. The maximum Gasteiger partial charge on any atom is 0.317 e. The number of carbonyl (C=O) groups is 1. The molecule has 27 heavy (non-hydrogen) atoms. The van der Waals surface area contributed by atoms with Gasteiger partial charge < -0.3 is 20.2 Å². The van der Waals surface area contributed by atoms with Crippen LogP contribution in [0.4, 0.5) is 10.5 Å². The number of aromatic hydroxyl groups is 1. The van der Waals surface area contributed by atoms with Crippen LogP contribution in [0.25, 0.3) is 0 Å². The van der Waals surface area contributed by atoms with Gasteiger partial charge in [-0.2, -0.15) is 0 Å². The first-order valence-electron chi connectivity index (χ1n) is 10.5. The van der Waals surface area contributed by atoms with Crippen molar-refractivity contribution in [2.45, 2.75) is 58.9 Å². The van der Waals surface area contributed by atoms with Crippen molar-refractivity contribution in [3.05, 3.63) is 24.3 Å². The molecule has 0 aromatic heterocycles. The van der Waals surface area contributed by atoms with Crippen LogP contribution in [0.1, 0.15) is 52.9 Å². The number of nitrogens with zero attached hydrogens (tertiary/aromatic N) is 2. The minimum atomic E-state index is 0.0868. The van der Waals surface area contributed by atoms with Crippen LogP contribution in [0.2, 0.25) is 0 Å². The van der Waals surface area contributed by atoms with Gasteiger partial charge in [-0.1, -0.05) is 33.3 Å². The highest BCUT2D eigenvalue weighted by Gasteiger charge is 2.33. The van der Waals surface area contributed by atoms with E-state index in [0.29, 0.717) is 11.5 Å². The minimum Gasteiger partial charge on any atom is -0.508 e. The number of piperazine rings is 1. The number of benzene rings is 1. The van der Waals surface area contributed by atoms with Gasteiger partial charge in [0.1, 0.15) is 5.75 Å². The van der Waals surface area contributed by atoms with Gasteiger partial charge in [0.05, 0.1) is 0 Å². The van der Waals surface area contributed by atoms with Gasteiger partial charge in [0.15, 0.2) is 0 Å². The second kappa shape index (κ2) is 8.41. The summed E-state index contributed by atoms with van der Waals surface area (Å²) in [5.41, 5.74) is 1.43. The Hall–Kier alpha value is -1.91. The van der Waals surface area contributed by atoms with Crippen LogP contribution < -0.4 is 10.2 Å². The van der Waals surface area contributed by atoms with Gasteiger partial charge in [-0.05, 0) is 49.1 Å². The number of carbonyl (C=O) groups excluding carboxylic acids is 1. The van der Waals surface area contributed by atoms with Crippen molar-refractivity contribution < 1.29 is 9.90 Å². The first-order valence-corrected chi connectivity index (χ1v) is 10.5. The SMILES string of the molecule is CCC(C)(C)C1CCC(NC(=O)N2CCN(c3cccc(O)c3)CC2)CC1. The van der Waals surface area contributed by atoms with Gasteiger partial charge in [0.2, 0.25) is 0 Å². The Morgan fingerprint density at radius 3 is 2.41 bits per heavy atom. The third kappa shape index (κ3) is 4.88. The van der Waals surface area contributed by atoms with E-state index < -0.39 is 0 Å². The Kier molecular flexibility index (Phi) is 6.18. The van der Waals surface area contributed by atoms with Crippen LogP contribution in [0, 0.1) is 11.3 Å². The molecule has 150 valence electrons. The summed E-state index contributed by atoms with van der Waals surface area (Å²) < 4.78 is 0. The van der Waals surface area contributed by atoms with E-state index in [1.807, 2.05) is 17.0 Å². The predicted octanol–water partition coefficient (Wildman–Crippen LogP) is 4.22. The molecule has 1 saturated heterocycles. The van der Waals surface area contributed by atoms with E-state index in [2.05, 4.69) is 31.0 Å². The van der Waals surface area contributed by atoms with Crippen molar-refractivity contribution >= 4 is 11.7 Å².